The number of hydrogen-bond donors (Lipinski definition) is 1. The summed E-state index contributed by atoms with van der Waals surface area (Å²) in [4.78, 5) is 4.80. The first-order valence-electron chi connectivity index (χ1n) is 6.17. The van der Waals surface area contributed by atoms with Crippen LogP contribution in [0.5, 0.6) is 0 Å². The molecular weight excluding hydrogens is 186 g/mol. The third kappa shape index (κ3) is 1.36. The minimum Gasteiger partial charge on any atom is -0.384 e. The minimum absolute atomic E-state index is 0.662. The van der Waals surface area contributed by atoms with Gasteiger partial charge in [-0.3, -0.25) is 0 Å². The lowest BCUT2D eigenvalue weighted by Gasteiger charge is -2.23. The predicted molar refractivity (Wildman–Crippen MR) is 60.9 cm³/mol. The Bertz CT molecular complexity index is 372. The topological polar surface area (TPSA) is 43.8 Å². The zero-order valence-corrected chi connectivity index (χ0v) is 9.37. The third-order valence-electron chi connectivity index (χ3n) is 3.82. The Hall–Kier alpha value is -0.990. The van der Waals surface area contributed by atoms with Crippen LogP contribution >= 0.6 is 0 Å². The Morgan fingerprint density at radius 3 is 2.47 bits per heavy atom. The molecule has 0 unspecified atom stereocenters. The van der Waals surface area contributed by atoms with Crippen molar-refractivity contribution in [3.63, 3.8) is 0 Å². The molecule has 0 bridgehead atoms. The maximum Gasteiger partial charge on any atom is 0.127 e. The van der Waals surface area contributed by atoms with Crippen LogP contribution in [0.1, 0.15) is 62.4 Å². The number of rotatable bonds is 3. The van der Waals surface area contributed by atoms with E-state index in [1.54, 1.807) is 0 Å². The fourth-order valence-corrected chi connectivity index (χ4v) is 2.47. The number of nitrogen functional groups attached to an aromatic ring is 1. The van der Waals surface area contributed by atoms with Gasteiger partial charge in [0.15, 0.2) is 0 Å². The molecule has 2 aliphatic rings. The summed E-state index contributed by atoms with van der Waals surface area (Å²) in [7, 11) is 0. The molecule has 1 heterocycles. The first kappa shape index (κ1) is 9.25. The standard InChI is InChI=1S/C12H19N3/c1-2-15-11(13)10(8-4-3-5-8)14-12(15)9-6-7-9/h8-9H,2-7,13H2,1H3. The summed E-state index contributed by atoms with van der Waals surface area (Å²) in [6, 6.07) is 0. The van der Waals surface area contributed by atoms with E-state index >= 15 is 0 Å². The number of nitrogens with zero attached hydrogens (tertiary/aromatic N) is 2. The Labute approximate surface area is 90.7 Å². The molecule has 0 aliphatic heterocycles. The molecule has 2 N–H and O–H groups in total. The van der Waals surface area contributed by atoms with Crippen molar-refractivity contribution < 1.29 is 0 Å². The van der Waals surface area contributed by atoms with E-state index in [0.717, 1.165) is 12.4 Å². The van der Waals surface area contributed by atoms with E-state index in [9.17, 15) is 0 Å². The van der Waals surface area contributed by atoms with Crippen molar-refractivity contribution in [2.45, 2.75) is 57.4 Å². The average molecular weight is 205 g/mol. The van der Waals surface area contributed by atoms with Crippen LogP contribution in [0.25, 0.3) is 0 Å². The van der Waals surface area contributed by atoms with E-state index in [1.807, 2.05) is 0 Å². The van der Waals surface area contributed by atoms with Crippen LogP contribution in [0.2, 0.25) is 0 Å². The Balaban J connectivity index is 1.99. The highest BCUT2D eigenvalue weighted by Gasteiger charge is 2.33. The molecule has 2 fully saturated rings. The van der Waals surface area contributed by atoms with Crippen molar-refractivity contribution in [3.05, 3.63) is 11.5 Å². The molecule has 3 rings (SSSR count). The summed E-state index contributed by atoms with van der Waals surface area (Å²) in [6.45, 7) is 3.13. The van der Waals surface area contributed by atoms with Crippen LogP contribution in [-0.2, 0) is 6.54 Å². The van der Waals surface area contributed by atoms with Gasteiger partial charge in [-0.15, -0.1) is 0 Å². The lowest BCUT2D eigenvalue weighted by atomic mass is 9.83. The molecule has 0 atom stereocenters. The summed E-state index contributed by atoms with van der Waals surface area (Å²) in [5, 5.41) is 0. The van der Waals surface area contributed by atoms with E-state index in [0.29, 0.717) is 11.8 Å². The number of nitrogens with two attached hydrogens (primary N) is 1. The second-order valence-electron chi connectivity index (χ2n) is 4.89. The smallest absolute Gasteiger partial charge is 0.127 e. The molecule has 1 aromatic rings. The summed E-state index contributed by atoms with van der Waals surface area (Å²) < 4.78 is 2.23. The molecule has 3 heteroatoms. The van der Waals surface area contributed by atoms with E-state index < -0.39 is 0 Å². The Morgan fingerprint density at radius 2 is 2.00 bits per heavy atom. The molecular formula is C12H19N3. The van der Waals surface area contributed by atoms with Crippen LogP contribution in [0, 0.1) is 0 Å². The average Bonchev–Trinajstić information content (AvgIpc) is 2.92. The normalized spacial score (nSPS) is 21.7. The molecule has 0 aromatic carbocycles. The third-order valence-corrected chi connectivity index (χ3v) is 3.82. The highest BCUT2D eigenvalue weighted by molar-refractivity contribution is 5.42. The molecule has 0 amide bonds. The SMILES string of the molecule is CCn1c(C2CC2)nc(C2CCC2)c1N. The van der Waals surface area contributed by atoms with Crippen molar-refractivity contribution in [3.8, 4) is 0 Å². The van der Waals surface area contributed by atoms with E-state index in [-0.39, 0.29) is 0 Å². The Kier molecular flexibility index (Phi) is 2.01. The summed E-state index contributed by atoms with van der Waals surface area (Å²) >= 11 is 0. The maximum atomic E-state index is 6.19. The maximum absolute atomic E-state index is 6.19. The second kappa shape index (κ2) is 3.26. The van der Waals surface area contributed by atoms with Crippen LogP contribution in [-0.4, -0.2) is 9.55 Å². The summed E-state index contributed by atoms with van der Waals surface area (Å²) in [6.07, 6.45) is 6.53. The minimum atomic E-state index is 0.662. The van der Waals surface area contributed by atoms with E-state index in [4.69, 9.17) is 10.7 Å². The van der Waals surface area contributed by atoms with Gasteiger partial charge in [-0.25, -0.2) is 4.98 Å². The quantitative estimate of drug-likeness (QED) is 0.824. The predicted octanol–water partition coefficient (Wildman–Crippen LogP) is 2.63. The molecule has 0 spiro atoms. The van der Waals surface area contributed by atoms with Crippen LogP contribution in [0.3, 0.4) is 0 Å². The van der Waals surface area contributed by atoms with Crippen molar-refractivity contribution in [1.29, 1.82) is 0 Å². The van der Waals surface area contributed by atoms with Crippen molar-refractivity contribution in [2.75, 3.05) is 5.73 Å². The molecule has 3 nitrogen and oxygen atoms in total. The van der Waals surface area contributed by atoms with Crippen molar-refractivity contribution >= 4 is 5.82 Å². The van der Waals surface area contributed by atoms with E-state index in [2.05, 4.69) is 11.5 Å². The highest BCUT2D eigenvalue weighted by Crippen LogP contribution is 2.44. The lowest BCUT2D eigenvalue weighted by molar-refractivity contribution is 0.413. The highest BCUT2D eigenvalue weighted by atomic mass is 15.1. The van der Waals surface area contributed by atoms with Gasteiger partial charge in [-0.05, 0) is 32.6 Å². The monoisotopic (exact) mass is 205 g/mol. The van der Waals surface area contributed by atoms with Gasteiger partial charge < -0.3 is 10.3 Å². The lowest BCUT2D eigenvalue weighted by Crippen LogP contribution is -2.12. The van der Waals surface area contributed by atoms with Gasteiger partial charge in [0.1, 0.15) is 11.6 Å². The molecule has 2 aliphatic carbocycles. The zero-order chi connectivity index (χ0) is 10.4. The first-order valence-corrected chi connectivity index (χ1v) is 6.17. The van der Waals surface area contributed by atoms with Gasteiger partial charge >= 0.3 is 0 Å². The molecule has 0 radical (unpaired) electrons. The Morgan fingerprint density at radius 1 is 1.27 bits per heavy atom. The molecule has 2 saturated carbocycles. The number of hydrogen-bond acceptors (Lipinski definition) is 2. The van der Waals surface area contributed by atoms with Gasteiger partial charge in [-0.1, -0.05) is 6.42 Å². The largest absolute Gasteiger partial charge is 0.384 e. The van der Waals surface area contributed by atoms with Crippen LogP contribution < -0.4 is 5.73 Å². The zero-order valence-electron chi connectivity index (χ0n) is 9.37. The van der Waals surface area contributed by atoms with Crippen molar-refractivity contribution in [2.24, 2.45) is 0 Å². The molecule has 15 heavy (non-hydrogen) atoms. The fraction of sp³-hybridized carbons (Fsp3) is 0.750. The number of aromatic nitrogens is 2. The fourth-order valence-electron chi connectivity index (χ4n) is 2.47. The van der Waals surface area contributed by atoms with Gasteiger partial charge in [-0.2, -0.15) is 0 Å². The summed E-state index contributed by atoms with van der Waals surface area (Å²) in [5.41, 5.74) is 7.39. The van der Waals surface area contributed by atoms with Gasteiger partial charge in [0.05, 0.1) is 5.69 Å². The summed E-state index contributed by atoms with van der Waals surface area (Å²) in [5.74, 6) is 3.58. The van der Waals surface area contributed by atoms with Gasteiger partial charge in [0, 0.05) is 18.4 Å². The van der Waals surface area contributed by atoms with Gasteiger partial charge in [0.25, 0.3) is 0 Å². The van der Waals surface area contributed by atoms with Crippen LogP contribution in [0.4, 0.5) is 5.82 Å². The van der Waals surface area contributed by atoms with Gasteiger partial charge in [0.2, 0.25) is 0 Å². The first-order chi connectivity index (χ1) is 7.31. The van der Waals surface area contributed by atoms with E-state index in [1.165, 1.54) is 43.6 Å². The number of anilines is 1. The molecule has 1 aromatic heterocycles. The van der Waals surface area contributed by atoms with Crippen LogP contribution in [0.15, 0.2) is 0 Å². The second-order valence-corrected chi connectivity index (χ2v) is 4.89. The molecule has 0 saturated heterocycles. The molecule has 82 valence electrons. The number of imidazole rings is 1. The van der Waals surface area contributed by atoms with Crippen molar-refractivity contribution in [1.82, 2.24) is 9.55 Å².